The van der Waals surface area contributed by atoms with E-state index in [4.69, 9.17) is 0 Å². The Hall–Kier alpha value is -2.11. The van der Waals surface area contributed by atoms with Crippen molar-refractivity contribution < 1.29 is 14.0 Å². The molecule has 1 saturated heterocycles. The van der Waals surface area contributed by atoms with Gasteiger partial charge in [0.2, 0.25) is 0 Å². The van der Waals surface area contributed by atoms with E-state index >= 15 is 0 Å². The quantitative estimate of drug-likeness (QED) is 0.912. The van der Waals surface area contributed by atoms with E-state index in [0.717, 1.165) is 0 Å². The number of carbonyl (C=O) groups excluding carboxylic acids is 2. The molecule has 0 saturated carbocycles. The first-order valence-corrected chi connectivity index (χ1v) is 6.53. The summed E-state index contributed by atoms with van der Waals surface area (Å²) in [5.74, 6) is -0.484. The van der Waals surface area contributed by atoms with Gasteiger partial charge in [-0.15, -0.1) is 0 Å². The number of urea groups is 1. The van der Waals surface area contributed by atoms with Crippen LogP contribution in [0.1, 0.15) is 12.5 Å². The van der Waals surface area contributed by atoms with E-state index in [9.17, 15) is 14.0 Å². The van der Waals surface area contributed by atoms with Crippen molar-refractivity contribution in [2.24, 2.45) is 0 Å². The number of halogens is 1. The standard InChI is InChI=1S/C14H18FN3O2/c1-4-18(10-5-6-11(15)9(2)7-10)13(19)12-8-17(3)14(20)16-12/h5-7,12H,4,8H2,1-3H3,(H,16,20). The van der Waals surface area contributed by atoms with E-state index in [1.807, 2.05) is 6.92 Å². The molecule has 6 heteroatoms. The number of likely N-dealkylation sites (N-methyl/N-ethyl adjacent to an activating group) is 2. The summed E-state index contributed by atoms with van der Waals surface area (Å²) in [6.45, 7) is 4.30. The van der Waals surface area contributed by atoms with Gasteiger partial charge >= 0.3 is 6.03 Å². The molecular formula is C14H18FN3O2. The molecule has 20 heavy (non-hydrogen) atoms. The molecule has 3 amide bonds. The van der Waals surface area contributed by atoms with Crippen LogP contribution in [-0.4, -0.2) is 43.0 Å². The number of anilines is 1. The van der Waals surface area contributed by atoms with E-state index in [2.05, 4.69) is 5.32 Å². The number of benzene rings is 1. The molecule has 1 heterocycles. The monoisotopic (exact) mass is 279 g/mol. The van der Waals surface area contributed by atoms with E-state index < -0.39 is 6.04 Å². The van der Waals surface area contributed by atoms with Gasteiger partial charge in [-0.3, -0.25) is 4.79 Å². The highest BCUT2D eigenvalue weighted by molar-refractivity contribution is 6.00. The van der Waals surface area contributed by atoms with Crippen molar-refractivity contribution in [3.63, 3.8) is 0 Å². The molecule has 1 unspecified atom stereocenters. The highest BCUT2D eigenvalue weighted by atomic mass is 19.1. The topological polar surface area (TPSA) is 52.7 Å². The lowest BCUT2D eigenvalue weighted by Crippen LogP contribution is -2.45. The van der Waals surface area contributed by atoms with Gasteiger partial charge in [-0.1, -0.05) is 0 Å². The maximum atomic E-state index is 13.3. The molecule has 1 atom stereocenters. The van der Waals surface area contributed by atoms with Crippen LogP contribution >= 0.6 is 0 Å². The molecule has 108 valence electrons. The second-order valence-electron chi connectivity index (χ2n) is 4.90. The first-order valence-electron chi connectivity index (χ1n) is 6.53. The number of nitrogens with zero attached hydrogens (tertiary/aromatic N) is 2. The van der Waals surface area contributed by atoms with Crippen molar-refractivity contribution in [2.75, 3.05) is 25.0 Å². The van der Waals surface area contributed by atoms with Crippen LogP contribution < -0.4 is 10.2 Å². The zero-order valence-corrected chi connectivity index (χ0v) is 11.8. The van der Waals surface area contributed by atoms with Gasteiger partial charge in [0.05, 0.1) is 6.54 Å². The Kier molecular flexibility index (Phi) is 3.92. The Labute approximate surface area is 117 Å². The number of rotatable bonds is 3. The molecule has 1 aliphatic rings. The normalized spacial score (nSPS) is 18.1. The third-order valence-corrected chi connectivity index (χ3v) is 3.43. The summed E-state index contributed by atoms with van der Waals surface area (Å²) < 4.78 is 13.3. The van der Waals surface area contributed by atoms with Crippen LogP contribution in [-0.2, 0) is 4.79 Å². The summed E-state index contributed by atoms with van der Waals surface area (Å²) in [7, 11) is 1.64. The summed E-state index contributed by atoms with van der Waals surface area (Å²) in [4.78, 5) is 26.9. The lowest BCUT2D eigenvalue weighted by atomic mass is 10.1. The van der Waals surface area contributed by atoms with Crippen LogP contribution in [0.4, 0.5) is 14.9 Å². The van der Waals surface area contributed by atoms with Crippen LogP contribution in [0.5, 0.6) is 0 Å². The summed E-state index contributed by atoms with van der Waals surface area (Å²) in [5, 5.41) is 2.64. The summed E-state index contributed by atoms with van der Waals surface area (Å²) in [5.41, 5.74) is 1.13. The second kappa shape index (κ2) is 5.48. The number of carbonyl (C=O) groups is 2. The molecule has 1 aliphatic heterocycles. The number of amides is 3. The molecule has 0 spiro atoms. The van der Waals surface area contributed by atoms with E-state index in [1.54, 1.807) is 31.0 Å². The van der Waals surface area contributed by atoms with Crippen molar-refractivity contribution >= 4 is 17.6 Å². The van der Waals surface area contributed by atoms with Crippen molar-refractivity contribution in [2.45, 2.75) is 19.9 Å². The molecular weight excluding hydrogens is 261 g/mol. The fourth-order valence-corrected chi connectivity index (χ4v) is 2.25. The maximum absolute atomic E-state index is 13.3. The predicted octanol–water partition coefficient (Wildman–Crippen LogP) is 1.51. The number of hydrogen-bond acceptors (Lipinski definition) is 2. The zero-order chi connectivity index (χ0) is 14.9. The Morgan fingerprint density at radius 3 is 2.75 bits per heavy atom. The SMILES string of the molecule is CCN(C(=O)C1CN(C)C(=O)N1)c1ccc(F)c(C)c1. The third kappa shape index (κ3) is 2.59. The van der Waals surface area contributed by atoms with Gasteiger partial charge in [-0.05, 0) is 37.6 Å². The van der Waals surface area contributed by atoms with Crippen LogP contribution in [0.2, 0.25) is 0 Å². The summed E-state index contributed by atoms with van der Waals surface area (Å²) >= 11 is 0. The zero-order valence-electron chi connectivity index (χ0n) is 11.8. The van der Waals surface area contributed by atoms with Crippen LogP contribution in [0, 0.1) is 12.7 Å². The molecule has 1 fully saturated rings. The van der Waals surface area contributed by atoms with Gasteiger partial charge in [-0.25, -0.2) is 9.18 Å². The van der Waals surface area contributed by atoms with Crippen molar-refractivity contribution in [1.29, 1.82) is 0 Å². The number of hydrogen-bond donors (Lipinski definition) is 1. The van der Waals surface area contributed by atoms with Gasteiger partial charge in [0, 0.05) is 19.3 Å². The maximum Gasteiger partial charge on any atom is 0.317 e. The van der Waals surface area contributed by atoms with Crippen molar-refractivity contribution in [3.05, 3.63) is 29.6 Å². The summed E-state index contributed by atoms with van der Waals surface area (Å²) in [6.07, 6.45) is 0. The molecule has 1 N–H and O–H groups in total. The van der Waals surface area contributed by atoms with Crippen molar-refractivity contribution in [1.82, 2.24) is 10.2 Å². The molecule has 0 bridgehead atoms. The van der Waals surface area contributed by atoms with Crippen molar-refractivity contribution in [3.8, 4) is 0 Å². The third-order valence-electron chi connectivity index (χ3n) is 3.43. The Bertz CT molecular complexity index is 547. The summed E-state index contributed by atoms with van der Waals surface area (Å²) in [6, 6.07) is 3.74. The minimum absolute atomic E-state index is 0.184. The second-order valence-corrected chi connectivity index (χ2v) is 4.90. The van der Waals surface area contributed by atoms with Gasteiger partial charge in [0.1, 0.15) is 11.9 Å². The highest BCUT2D eigenvalue weighted by Gasteiger charge is 2.34. The fourth-order valence-electron chi connectivity index (χ4n) is 2.25. The fraction of sp³-hybridized carbons (Fsp3) is 0.429. The van der Waals surface area contributed by atoms with Gasteiger partial charge < -0.3 is 15.1 Å². The molecule has 2 rings (SSSR count). The average molecular weight is 279 g/mol. The van der Waals surface area contributed by atoms with Crippen LogP contribution in [0.15, 0.2) is 18.2 Å². The van der Waals surface area contributed by atoms with Crippen LogP contribution in [0.3, 0.4) is 0 Å². The largest absolute Gasteiger partial charge is 0.325 e. The molecule has 0 radical (unpaired) electrons. The van der Waals surface area contributed by atoms with E-state index in [-0.39, 0.29) is 17.8 Å². The minimum Gasteiger partial charge on any atom is -0.325 e. The first kappa shape index (κ1) is 14.3. The molecule has 5 nitrogen and oxygen atoms in total. The van der Waals surface area contributed by atoms with Gasteiger partial charge in [0.25, 0.3) is 5.91 Å². The Balaban J connectivity index is 2.21. The first-order chi connectivity index (χ1) is 9.43. The molecule has 0 aliphatic carbocycles. The Morgan fingerprint density at radius 1 is 1.55 bits per heavy atom. The van der Waals surface area contributed by atoms with E-state index in [0.29, 0.717) is 24.3 Å². The lowest BCUT2D eigenvalue weighted by molar-refractivity contribution is -0.120. The van der Waals surface area contributed by atoms with Gasteiger partial charge in [-0.2, -0.15) is 0 Å². The lowest BCUT2D eigenvalue weighted by Gasteiger charge is -2.24. The predicted molar refractivity (Wildman–Crippen MR) is 74.1 cm³/mol. The molecule has 0 aromatic heterocycles. The number of nitrogens with one attached hydrogen (secondary N) is 1. The molecule has 1 aromatic rings. The smallest absolute Gasteiger partial charge is 0.317 e. The average Bonchev–Trinajstić information content (AvgIpc) is 2.74. The molecule has 1 aromatic carbocycles. The number of aryl methyl sites for hydroxylation is 1. The van der Waals surface area contributed by atoms with Gasteiger partial charge in [0.15, 0.2) is 0 Å². The van der Waals surface area contributed by atoms with Crippen LogP contribution in [0.25, 0.3) is 0 Å². The van der Waals surface area contributed by atoms with E-state index in [1.165, 1.54) is 11.0 Å². The highest BCUT2D eigenvalue weighted by Crippen LogP contribution is 2.20. The Morgan fingerprint density at radius 2 is 2.25 bits per heavy atom. The minimum atomic E-state index is -0.558.